The second kappa shape index (κ2) is 1.84. The fourth-order valence-corrected chi connectivity index (χ4v) is 2.62. The summed E-state index contributed by atoms with van der Waals surface area (Å²) in [4.78, 5) is 4.41. The van der Waals surface area contributed by atoms with Crippen LogP contribution in [-0.2, 0) is 0 Å². The van der Waals surface area contributed by atoms with Crippen molar-refractivity contribution in [3.63, 3.8) is 0 Å². The van der Waals surface area contributed by atoms with Gasteiger partial charge < -0.3 is 0 Å². The molecule has 2 aliphatic carbocycles. The Hall–Kier alpha value is -0.850. The molecule has 0 aromatic carbocycles. The normalized spacial score (nSPS) is 32.4. The molecule has 2 atom stereocenters. The largest absolute Gasteiger partial charge is 0.261 e. The highest BCUT2D eigenvalue weighted by Gasteiger charge is 2.41. The van der Waals surface area contributed by atoms with E-state index in [1.165, 1.54) is 30.5 Å². The van der Waals surface area contributed by atoms with Crippen LogP contribution < -0.4 is 0 Å². The van der Waals surface area contributed by atoms with Crippen LogP contribution in [0.15, 0.2) is 18.3 Å². The number of hydrogen-bond donors (Lipinski definition) is 0. The van der Waals surface area contributed by atoms with Crippen LogP contribution in [0.1, 0.15) is 42.4 Å². The maximum Gasteiger partial charge on any atom is 0.0475 e. The molecular weight excluding hydrogens is 134 g/mol. The van der Waals surface area contributed by atoms with Gasteiger partial charge >= 0.3 is 0 Å². The van der Waals surface area contributed by atoms with Gasteiger partial charge in [-0.15, -0.1) is 0 Å². The van der Waals surface area contributed by atoms with E-state index in [1.54, 1.807) is 0 Å². The van der Waals surface area contributed by atoms with Crippen molar-refractivity contribution in [3.8, 4) is 0 Å². The lowest BCUT2D eigenvalue weighted by Crippen LogP contribution is -2.20. The molecule has 1 aromatic heterocycles. The monoisotopic (exact) mass is 145 g/mol. The number of hydrogen-bond acceptors (Lipinski definition) is 1. The minimum absolute atomic E-state index is 0.839. The second-order valence-electron chi connectivity index (χ2n) is 3.62. The van der Waals surface area contributed by atoms with Crippen LogP contribution in [0.3, 0.4) is 0 Å². The van der Waals surface area contributed by atoms with Crippen LogP contribution in [0.25, 0.3) is 0 Å². The molecule has 0 spiro atoms. The van der Waals surface area contributed by atoms with E-state index < -0.39 is 0 Å². The van der Waals surface area contributed by atoms with Crippen LogP contribution in [0.2, 0.25) is 0 Å². The van der Waals surface area contributed by atoms with Crippen molar-refractivity contribution < 1.29 is 0 Å². The van der Waals surface area contributed by atoms with Crippen molar-refractivity contribution >= 4 is 0 Å². The lowest BCUT2D eigenvalue weighted by Gasteiger charge is -2.32. The highest BCUT2D eigenvalue weighted by atomic mass is 14.7. The Kier molecular flexibility index (Phi) is 0.965. The Morgan fingerprint density at radius 1 is 1.27 bits per heavy atom. The van der Waals surface area contributed by atoms with Gasteiger partial charge in [-0.25, -0.2) is 0 Å². The molecule has 2 aliphatic rings. The smallest absolute Gasteiger partial charge is 0.0475 e. The first kappa shape index (κ1) is 5.76. The Balaban J connectivity index is 2.13. The van der Waals surface area contributed by atoms with Gasteiger partial charge in [0.05, 0.1) is 0 Å². The highest BCUT2D eigenvalue weighted by Crippen LogP contribution is 2.55. The van der Waals surface area contributed by atoms with E-state index in [0.29, 0.717) is 0 Å². The molecule has 0 aliphatic heterocycles. The Morgan fingerprint density at radius 3 is 3.18 bits per heavy atom. The van der Waals surface area contributed by atoms with Gasteiger partial charge in [-0.3, -0.25) is 4.98 Å². The summed E-state index contributed by atoms with van der Waals surface area (Å²) in [5.74, 6) is 1.73. The first-order valence-corrected chi connectivity index (χ1v) is 4.41. The average Bonchev–Trinajstić information content (AvgIpc) is 2.44. The van der Waals surface area contributed by atoms with Crippen molar-refractivity contribution in [2.75, 3.05) is 0 Å². The predicted molar refractivity (Wildman–Crippen MR) is 43.6 cm³/mol. The summed E-state index contributed by atoms with van der Waals surface area (Å²) in [6, 6.07) is 4.31. The third-order valence-electron chi connectivity index (χ3n) is 3.14. The molecule has 1 aromatic rings. The maximum atomic E-state index is 4.41. The summed E-state index contributed by atoms with van der Waals surface area (Å²) in [5.41, 5.74) is 2.94. The zero-order valence-electron chi connectivity index (χ0n) is 6.46. The summed E-state index contributed by atoms with van der Waals surface area (Å²) >= 11 is 0. The van der Waals surface area contributed by atoms with Crippen molar-refractivity contribution in [1.29, 1.82) is 0 Å². The molecule has 0 saturated heterocycles. The molecule has 56 valence electrons. The second-order valence-corrected chi connectivity index (χ2v) is 3.62. The molecule has 1 heteroatoms. The SMILES string of the molecule is c1cnc2c(c1)C1CCCC21. The molecule has 1 heterocycles. The first-order valence-electron chi connectivity index (χ1n) is 4.41. The van der Waals surface area contributed by atoms with Gasteiger partial charge in [-0.05, 0) is 30.4 Å². The molecule has 0 N–H and O–H groups in total. The van der Waals surface area contributed by atoms with Gasteiger partial charge in [0.15, 0.2) is 0 Å². The standard InChI is InChI=1S/C10H11N/c1-3-7-8(4-1)10-9(7)5-2-6-11-10/h2,5-8H,1,3-4H2. The number of nitrogens with zero attached hydrogens (tertiary/aromatic N) is 1. The third kappa shape index (κ3) is 0.590. The van der Waals surface area contributed by atoms with E-state index in [0.717, 1.165) is 11.8 Å². The van der Waals surface area contributed by atoms with Crippen molar-refractivity contribution in [2.45, 2.75) is 31.1 Å². The first-order chi connectivity index (χ1) is 5.47. The van der Waals surface area contributed by atoms with Gasteiger partial charge in [0, 0.05) is 17.8 Å². The van der Waals surface area contributed by atoms with Gasteiger partial charge in [-0.2, -0.15) is 0 Å². The van der Waals surface area contributed by atoms with Crippen LogP contribution in [0, 0.1) is 0 Å². The zero-order chi connectivity index (χ0) is 7.26. The Morgan fingerprint density at radius 2 is 2.18 bits per heavy atom. The quantitative estimate of drug-likeness (QED) is 0.546. The van der Waals surface area contributed by atoms with Crippen molar-refractivity contribution in [1.82, 2.24) is 4.98 Å². The van der Waals surface area contributed by atoms with E-state index >= 15 is 0 Å². The molecule has 11 heavy (non-hydrogen) atoms. The number of aromatic nitrogens is 1. The molecule has 0 radical (unpaired) electrons. The van der Waals surface area contributed by atoms with Crippen LogP contribution in [-0.4, -0.2) is 4.98 Å². The van der Waals surface area contributed by atoms with E-state index in [-0.39, 0.29) is 0 Å². The van der Waals surface area contributed by atoms with E-state index in [2.05, 4.69) is 17.1 Å². The minimum Gasteiger partial charge on any atom is -0.261 e. The molecule has 0 amide bonds. The molecule has 1 fully saturated rings. The molecule has 0 bridgehead atoms. The number of pyridine rings is 1. The van der Waals surface area contributed by atoms with E-state index in [9.17, 15) is 0 Å². The van der Waals surface area contributed by atoms with Crippen LogP contribution in [0.5, 0.6) is 0 Å². The molecular formula is C10H11N. The Labute approximate surface area is 66.5 Å². The van der Waals surface area contributed by atoms with Gasteiger partial charge in [0.25, 0.3) is 0 Å². The molecule has 1 nitrogen and oxygen atoms in total. The Bertz CT molecular complexity index is 264. The summed E-state index contributed by atoms with van der Waals surface area (Å²) < 4.78 is 0. The summed E-state index contributed by atoms with van der Waals surface area (Å²) in [7, 11) is 0. The molecule has 1 saturated carbocycles. The lowest BCUT2D eigenvalue weighted by molar-refractivity contribution is 0.521. The predicted octanol–water partition coefficient (Wildman–Crippen LogP) is 2.45. The third-order valence-corrected chi connectivity index (χ3v) is 3.14. The summed E-state index contributed by atoms with van der Waals surface area (Å²) in [6.07, 6.45) is 6.12. The number of rotatable bonds is 0. The van der Waals surface area contributed by atoms with Gasteiger partial charge in [-0.1, -0.05) is 12.5 Å². The van der Waals surface area contributed by atoms with E-state index in [4.69, 9.17) is 0 Å². The summed E-state index contributed by atoms with van der Waals surface area (Å²) in [6.45, 7) is 0. The van der Waals surface area contributed by atoms with E-state index in [1.807, 2.05) is 6.20 Å². The topological polar surface area (TPSA) is 12.9 Å². The maximum absolute atomic E-state index is 4.41. The lowest BCUT2D eigenvalue weighted by atomic mass is 9.73. The highest BCUT2D eigenvalue weighted by molar-refractivity contribution is 5.41. The van der Waals surface area contributed by atoms with Gasteiger partial charge in [0.1, 0.15) is 0 Å². The molecule has 2 unspecified atom stereocenters. The van der Waals surface area contributed by atoms with Crippen molar-refractivity contribution in [2.24, 2.45) is 0 Å². The van der Waals surface area contributed by atoms with Gasteiger partial charge in [0.2, 0.25) is 0 Å². The zero-order valence-corrected chi connectivity index (χ0v) is 6.46. The summed E-state index contributed by atoms with van der Waals surface area (Å²) in [5, 5.41) is 0. The van der Waals surface area contributed by atoms with Crippen LogP contribution in [0.4, 0.5) is 0 Å². The average molecular weight is 145 g/mol. The van der Waals surface area contributed by atoms with Crippen LogP contribution >= 0.6 is 0 Å². The molecule has 3 rings (SSSR count). The van der Waals surface area contributed by atoms with Crippen molar-refractivity contribution in [3.05, 3.63) is 29.6 Å². The fraction of sp³-hybridized carbons (Fsp3) is 0.500. The minimum atomic E-state index is 0.839. The fourth-order valence-electron chi connectivity index (χ4n) is 2.62. The number of fused-ring (bicyclic) bond motifs is 4.